The fourth-order valence-corrected chi connectivity index (χ4v) is 2.25. The molecule has 0 aliphatic heterocycles. The lowest BCUT2D eigenvalue weighted by Crippen LogP contribution is -2.17. The number of ether oxygens (including phenoxy) is 1. The largest absolute Gasteiger partial charge is 0.573 e. The van der Waals surface area contributed by atoms with Gasteiger partial charge in [0.05, 0.1) is 11.4 Å². The number of alkyl halides is 3. The number of hydrogen-bond acceptors (Lipinski definition) is 4. The van der Waals surface area contributed by atoms with Gasteiger partial charge in [-0.05, 0) is 42.3 Å². The van der Waals surface area contributed by atoms with Crippen LogP contribution in [0, 0.1) is 0 Å². The van der Waals surface area contributed by atoms with Gasteiger partial charge in [-0.1, -0.05) is 18.2 Å². The average molecular weight is 379 g/mol. The third kappa shape index (κ3) is 6.93. The molecule has 0 spiro atoms. The Bertz CT molecular complexity index is 790. The van der Waals surface area contributed by atoms with Crippen LogP contribution >= 0.6 is 0 Å². The number of carbonyl (C=O) groups is 1. The molecule has 0 unspecified atom stereocenters. The summed E-state index contributed by atoms with van der Waals surface area (Å²) in [5.41, 5.74) is 8.35. The maximum absolute atomic E-state index is 12.1. The molecule has 2 rings (SSSR count). The molecule has 0 aromatic heterocycles. The molecule has 2 aromatic carbocycles. The van der Waals surface area contributed by atoms with Crippen LogP contribution in [-0.4, -0.2) is 12.3 Å². The van der Waals surface area contributed by atoms with Crippen molar-refractivity contribution >= 4 is 23.0 Å². The number of nitrogen functional groups attached to an aromatic ring is 1. The second kappa shape index (κ2) is 8.98. The first-order valence-corrected chi connectivity index (χ1v) is 8.15. The lowest BCUT2D eigenvalue weighted by Gasteiger charge is -2.12. The van der Waals surface area contributed by atoms with E-state index in [0.717, 1.165) is 5.56 Å². The van der Waals surface area contributed by atoms with Gasteiger partial charge in [0.15, 0.2) is 0 Å². The number of benzene rings is 2. The molecule has 0 saturated heterocycles. The van der Waals surface area contributed by atoms with Gasteiger partial charge in [0.2, 0.25) is 5.91 Å². The number of halogens is 3. The minimum Gasteiger partial charge on any atom is -0.406 e. The van der Waals surface area contributed by atoms with Gasteiger partial charge in [-0.25, -0.2) is 0 Å². The van der Waals surface area contributed by atoms with Crippen molar-refractivity contribution in [1.29, 1.82) is 0 Å². The molecule has 0 radical (unpaired) electrons. The van der Waals surface area contributed by atoms with Gasteiger partial charge in [-0.2, -0.15) is 0 Å². The lowest BCUT2D eigenvalue weighted by molar-refractivity contribution is -0.274. The molecule has 27 heavy (non-hydrogen) atoms. The number of rotatable bonds is 8. The third-order valence-corrected chi connectivity index (χ3v) is 3.55. The summed E-state index contributed by atoms with van der Waals surface area (Å²) in [5, 5.41) is 5.84. The quantitative estimate of drug-likeness (QED) is 0.460. The molecule has 0 heterocycles. The molecular formula is C19H20F3N3O2. The fraction of sp³-hybridized carbons (Fsp3) is 0.211. The summed E-state index contributed by atoms with van der Waals surface area (Å²) in [4.78, 5) is 11.7. The van der Waals surface area contributed by atoms with Crippen molar-refractivity contribution in [3.05, 3.63) is 60.7 Å². The Kier molecular flexibility index (Phi) is 6.70. The standard InChI is InChI=1S/C19H20F3N3O2/c1-2-3-4-18(26)25-17-10-7-14(11-16(17)23)24-12-13-5-8-15(9-6-13)27-19(20,21)22/h2,5-11,24H,1,3-4,12,23H2,(H,25,26). The smallest absolute Gasteiger partial charge is 0.406 e. The van der Waals surface area contributed by atoms with Crippen molar-refractivity contribution in [2.45, 2.75) is 25.7 Å². The van der Waals surface area contributed by atoms with Crippen LogP contribution in [0.4, 0.5) is 30.2 Å². The molecular weight excluding hydrogens is 359 g/mol. The van der Waals surface area contributed by atoms with Crippen LogP contribution in [0.5, 0.6) is 5.75 Å². The zero-order valence-corrected chi connectivity index (χ0v) is 14.5. The van der Waals surface area contributed by atoms with Crippen molar-refractivity contribution in [2.75, 3.05) is 16.4 Å². The SMILES string of the molecule is C=CCCC(=O)Nc1ccc(NCc2ccc(OC(F)(F)F)cc2)cc1N. The Hall–Kier alpha value is -3.16. The van der Waals surface area contributed by atoms with Gasteiger partial charge in [0, 0.05) is 18.7 Å². The molecule has 2 aromatic rings. The molecule has 0 fully saturated rings. The van der Waals surface area contributed by atoms with E-state index in [1.165, 1.54) is 24.3 Å². The van der Waals surface area contributed by atoms with Crippen LogP contribution < -0.4 is 21.1 Å². The molecule has 0 saturated carbocycles. The van der Waals surface area contributed by atoms with Gasteiger partial charge in [-0.15, -0.1) is 19.8 Å². The van der Waals surface area contributed by atoms with Crippen molar-refractivity contribution < 1.29 is 22.7 Å². The molecule has 0 aliphatic rings. The summed E-state index contributed by atoms with van der Waals surface area (Å²) in [5.74, 6) is -0.421. The first-order valence-electron chi connectivity index (χ1n) is 8.15. The normalized spacial score (nSPS) is 10.9. The van der Waals surface area contributed by atoms with Gasteiger partial charge >= 0.3 is 6.36 Å². The van der Waals surface area contributed by atoms with Crippen molar-refractivity contribution in [3.63, 3.8) is 0 Å². The molecule has 0 bridgehead atoms. The second-order valence-electron chi connectivity index (χ2n) is 5.72. The van der Waals surface area contributed by atoms with Gasteiger partial charge in [0.25, 0.3) is 0 Å². The number of carbonyl (C=O) groups excluding carboxylic acids is 1. The van der Waals surface area contributed by atoms with E-state index >= 15 is 0 Å². The second-order valence-corrected chi connectivity index (χ2v) is 5.72. The van der Waals surface area contributed by atoms with Crippen molar-refractivity contribution in [1.82, 2.24) is 0 Å². The Labute approximate surface area is 155 Å². The molecule has 144 valence electrons. The fourth-order valence-electron chi connectivity index (χ4n) is 2.25. The molecule has 4 N–H and O–H groups in total. The highest BCUT2D eigenvalue weighted by Gasteiger charge is 2.30. The number of hydrogen-bond donors (Lipinski definition) is 3. The van der Waals surface area contributed by atoms with Crippen LogP contribution in [-0.2, 0) is 11.3 Å². The summed E-state index contributed by atoms with van der Waals surface area (Å²) in [7, 11) is 0. The monoisotopic (exact) mass is 379 g/mol. The van der Waals surface area contributed by atoms with Crippen LogP contribution in [0.1, 0.15) is 18.4 Å². The van der Waals surface area contributed by atoms with E-state index in [2.05, 4.69) is 21.9 Å². The van der Waals surface area contributed by atoms with E-state index in [1.807, 2.05) is 0 Å². The van der Waals surface area contributed by atoms with Crippen LogP contribution in [0.15, 0.2) is 55.1 Å². The molecule has 5 nitrogen and oxygen atoms in total. The zero-order chi connectivity index (χ0) is 19.9. The van der Waals surface area contributed by atoms with E-state index in [9.17, 15) is 18.0 Å². The van der Waals surface area contributed by atoms with E-state index in [0.29, 0.717) is 36.4 Å². The Morgan fingerprint density at radius 1 is 1.19 bits per heavy atom. The number of nitrogens with one attached hydrogen (secondary N) is 2. The molecule has 0 atom stereocenters. The minimum absolute atomic E-state index is 0.150. The Morgan fingerprint density at radius 2 is 1.89 bits per heavy atom. The molecule has 0 aliphatic carbocycles. The summed E-state index contributed by atoms with van der Waals surface area (Å²) in [6.07, 6.45) is -2.13. The van der Waals surface area contributed by atoms with Gasteiger partial charge in [0.1, 0.15) is 5.75 Å². The van der Waals surface area contributed by atoms with Crippen LogP contribution in [0.3, 0.4) is 0 Å². The topological polar surface area (TPSA) is 76.4 Å². The highest BCUT2D eigenvalue weighted by Crippen LogP contribution is 2.25. The Balaban J connectivity index is 1.91. The molecule has 8 heteroatoms. The Morgan fingerprint density at radius 3 is 2.48 bits per heavy atom. The number of allylic oxidation sites excluding steroid dienone is 1. The lowest BCUT2D eigenvalue weighted by atomic mass is 10.2. The van der Waals surface area contributed by atoms with E-state index < -0.39 is 6.36 Å². The maximum Gasteiger partial charge on any atom is 0.573 e. The van der Waals surface area contributed by atoms with E-state index in [4.69, 9.17) is 5.73 Å². The first-order chi connectivity index (χ1) is 12.8. The van der Waals surface area contributed by atoms with Gasteiger partial charge < -0.3 is 21.1 Å². The summed E-state index contributed by atoms with van der Waals surface area (Å²) in [6.45, 7) is 3.95. The third-order valence-electron chi connectivity index (χ3n) is 3.55. The summed E-state index contributed by atoms with van der Waals surface area (Å²) in [6, 6.07) is 10.7. The highest BCUT2D eigenvalue weighted by atomic mass is 19.4. The summed E-state index contributed by atoms with van der Waals surface area (Å²) >= 11 is 0. The number of anilines is 3. The zero-order valence-electron chi connectivity index (χ0n) is 14.5. The number of nitrogens with two attached hydrogens (primary N) is 1. The summed E-state index contributed by atoms with van der Waals surface area (Å²) < 4.78 is 40.3. The van der Waals surface area contributed by atoms with Crippen molar-refractivity contribution in [3.8, 4) is 5.75 Å². The molecule has 1 amide bonds. The van der Waals surface area contributed by atoms with Gasteiger partial charge in [-0.3, -0.25) is 4.79 Å². The predicted octanol–water partition coefficient (Wildman–Crippen LogP) is 4.68. The number of amides is 1. The predicted molar refractivity (Wildman–Crippen MR) is 99.4 cm³/mol. The first kappa shape index (κ1) is 20.2. The maximum atomic E-state index is 12.1. The van der Waals surface area contributed by atoms with Crippen LogP contribution in [0.2, 0.25) is 0 Å². The average Bonchev–Trinajstić information content (AvgIpc) is 2.60. The van der Waals surface area contributed by atoms with Crippen LogP contribution in [0.25, 0.3) is 0 Å². The van der Waals surface area contributed by atoms with Crippen molar-refractivity contribution in [2.24, 2.45) is 0 Å². The minimum atomic E-state index is -4.71. The highest BCUT2D eigenvalue weighted by molar-refractivity contribution is 5.94. The van der Waals surface area contributed by atoms with E-state index in [-0.39, 0.29) is 11.7 Å². The van der Waals surface area contributed by atoms with E-state index in [1.54, 1.807) is 24.3 Å².